The summed E-state index contributed by atoms with van der Waals surface area (Å²) in [5.74, 6) is 1.72. The summed E-state index contributed by atoms with van der Waals surface area (Å²) in [6, 6.07) is 21.1. The van der Waals surface area contributed by atoms with Crippen LogP contribution in [0.1, 0.15) is 5.56 Å². The Labute approximate surface area is 186 Å². The van der Waals surface area contributed by atoms with Gasteiger partial charge in [-0.1, -0.05) is 58.0 Å². The van der Waals surface area contributed by atoms with E-state index in [1.807, 2.05) is 42.5 Å². The third kappa shape index (κ3) is 4.08. The zero-order valence-corrected chi connectivity index (χ0v) is 18.9. The molecule has 0 fully saturated rings. The van der Waals surface area contributed by atoms with Crippen LogP contribution in [0, 0.1) is 0 Å². The van der Waals surface area contributed by atoms with E-state index in [0.29, 0.717) is 33.3 Å². The summed E-state index contributed by atoms with van der Waals surface area (Å²) in [7, 11) is 3.12. The van der Waals surface area contributed by atoms with E-state index in [1.54, 1.807) is 30.9 Å². The molecule has 0 N–H and O–H groups in total. The Hall–Kier alpha value is -2.77. The summed E-state index contributed by atoms with van der Waals surface area (Å²) in [6.45, 7) is 0. The van der Waals surface area contributed by atoms with Gasteiger partial charge in [0.05, 0.1) is 30.8 Å². The van der Waals surface area contributed by atoms with E-state index in [2.05, 4.69) is 28.1 Å². The van der Waals surface area contributed by atoms with Gasteiger partial charge in [0.1, 0.15) is 0 Å². The van der Waals surface area contributed by atoms with Crippen molar-refractivity contribution in [2.45, 2.75) is 10.9 Å². The third-order valence-electron chi connectivity index (χ3n) is 4.64. The van der Waals surface area contributed by atoms with Gasteiger partial charge in [-0.2, -0.15) is 0 Å². The lowest BCUT2D eigenvalue weighted by Gasteiger charge is -2.15. The third-order valence-corrected chi connectivity index (χ3v) is 6.18. The monoisotopic (exact) mass is 482 g/mol. The first kappa shape index (κ1) is 20.5. The number of aromatic nitrogens is 2. The molecule has 1 heterocycles. The minimum absolute atomic E-state index is 0.148. The van der Waals surface area contributed by atoms with Gasteiger partial charge in [-0.3, -0.25) is 9.36 Å². The van der Waals surface area contributed by atoms with Gasteiger partial charge >= 0.3 is 0 Å². The predicted octanol–water partition coefficient (Wildman–Crippen LogP) is 5.46. The molecule has 0 saturated carbocycles. The average molecular weight is 483 g/mol. The molecule has 0 aliphatic heterocycles. The van der Waals surface area contributed by atoms with Crippen LogP contribution in [0.15, 0.2) is 81.2 Å². The number of nitrogens with zero attached hydrogens (tertiary/aromatic N) is 2. The molecule has 152 valence electrons. The maximum Gasteiger partial charge on any atom is 0.266 e. The van der Waals surface area contributed by atoms with Crippen molar-refractivity contribution in [3.05, 3.63) is 87.1 Å². The molecule has 0 unspecified atom stereocenters. The van der Waals surface area contributed by atoms with Crippen molar-refractivity contribution in [1.29, 1.82) is 0 Å². The lowest BCUT2D eigenvalue weighted by atomic mass is 10.2. The van der Waals surface area contributed by atoms with Crippen LogP contribution >= 0.6 is 27.7 Å². The first-order valence-corrected chi connectivity index (χ1v) is 11.0. The quantitative estimate of drug-likeness (QED) is 0.269. The van der Waals surface area contributed by atoms with E-state index in [0.717, 1.165) is 15.7 Å². The molecular weight excluding hydrogens is 464 g/mol. The van der Waals surface area contributed by atoms with E-state index in [-0.39, 0.29) is 5.56 Å². The lowest BCUT2D eigenvalue weighted by Crippen LogP contribution is -2.22. The van der Waals surface area contributed by atoms with Gasteiger partial charge in [-0.15, -0.1) is 0 Å². The van der Waals surface area contributed by atoms with Crippen LogP contribution in [0.25, 0.3) is 16.6 Å². The summed E-state index contributed by atoms with van der Waals surface area (Å²) in [6.07, 6.45) is 0. The Kier molecular flexibility index (Phi) is 6.11. The molecule has 5 nitrogen and oxygen atoms in total. The molecule has 4 aromatic rings. The van der Waals surface area contributed by atoms with Gasteiger partial charge < -0.3 is 9.47 Å². The van der Waals surface area contributed by atoms with Crippen LogP contribution in [0.2, 0.25) is 0 Å². The molecule has 0 saturated heterocycles. The van der Waals surface area contributed by atoms with Gasteiger partial charge in [0, 0.05) is 16.3 Å². The number of benzene rings is 3. The molecule has 0 spiro atoms. The Morgan fingerprint density at radius 2 is 1.63 bits per heavy atom. The molecule has 0 bridgehead atoms. The van der Waals surface area contributed by atoms with Crippen molar-refractivity contribution < 1.29 is 9.47 Å². The summed E-state index contributed by atoms with van der Waals surface area (Å²) in [5, 5.41) is 1.10. The highest BCUT2D eigenvalue weighted by molar-refractivity contribution is 9.10. The Balaban J connectivity index is 1.87. The minimum atomic E-state index is -0.148. The van der Waals surface area contributed by atoms with Crippen molar-refractivity contribution in [1.82, 2.24) is 9.55 Å². The second-order valence-corrected chi connectivity index (χ2v) is 8.37. The first-order chi connectivity index (χ1) is 14.6. The highest BCUT2D eigenvalue weighted by Gasteiger charge is 2.16. The van der Waals surface area contributed by atoms with E-state index >= 15 is 0 Å². The smallest absolute Gasteiger partial charge is 0.266 e. The van der Waals surface area contributed by atoms with Crippen molar-refractivity contribution in [3.8, 4) is 17.2 Å². The normalized spacial score (nSPS) is 10.9. The predicted molar refractivity (Wildman–Crippen MR) is 124 cm³/mol. The molecule has 0 atom stereocenters. The second kappa shape index (κ2) is 8.93. The standard InChI is InChI=1S/C23H19BrN2O3S/c1-28-20-12-18-19(13-21(20)29-2)25-23(30-14-15-8-10-16(24)11-9-15)26(22(18)27)17-6-4-3-5-7-17/h3-13H,14H2,1-2H3. The van der Waals surface area contributed by atoms with E-state index in [4.69, 9.17) is 14.5 Å². The summed E-state index contributed by atoms with van der Waals surface area (Å²) in [5.41, 5.74) is 2.34. The molecule has 0 amide bonds. The maximum atomic E-state index is 13.5. The number of ether oxygens (including phenoxy) is 2. The van der Waals surface area contributed by atoms with Gasteiger partial charge in [0.2, 0.25) is 0 Å². The first-order valence-electron chi connectivity index (χ1n) is 9.22. The molecule has 4 rings (SSSR count). The van der Waals surface area contributed by atoms with Crippen LogP contribution in [0.3, 0.4) is 0 Å². The summed E-state index contributed by atoms with van der Waals surface area (Å²) in [4.78, 5) is 18.3. The van der Waals surface area contributed by atoms with E-state index in [1.165, 1.54) is 11.8 Å². The topological polar surface area (TPSA) is 53.4 Å². The van der Waals surface area contributed by atoms with Crippen LogP contribution in [0.4, 0.5) is 0 Å². The van der Waals surface area contributed by atoms with Gasteiger partial charge in [0.15, 0.2) is 16.7 Å². The maximum absolute atomic E-state index is 13.5. The number of methoxy groups -OCH3 is 2. The average Bonchev–Trinajstić information content (AvgIpc) is 2.78. The van der Waals surface area contributed by atoms with Gasteiger partial charge in [0.25, 0.3) is 5.56 Å². The van der Waals surface area contributed by atoms with Crippen LogP contribution < -0.4 is 15.0 Å². The molecule has 0 radical (unpaired) electrons. The van der Waals surface area contributed by atoms with Crippen LogP contribution in [-0.4, -0.2) is 23.8 Å². The van der Waals surface area contributed by atoms with Crippen LogP contribution in [0.5, 0.6) is 11.5 Å². The Morgan fingerprint density at radius 1 is 0.967 bits per heavy atom. The Bertz CT molecular complexity index is 1240. The second-order valence-electron chi connectivity index (χ2n) is 6.51. The number of hydrogen-bond acceptors (Lipinski definition) is 5. The molecular formula is C23H19BrN2O3S. The summed E-state index contributed by atoms with van der Waals surface area (Å²) < 4.78 is 13.5. The van der Waals surface area contributed by atoms with Gasteiger partial charge in [-0.25, -0.2) is 4.98 Å². The number of fused-ring (bicyclic) bond motifs is 1. The fraction of sp³-hybridized carbons (Fsp3) is 0.130. The molecule has 0 aliphatic rings. The van der Waals surface area contributed by atoms with Crippen molar-refractivity contribution in [2.24, 2.45) is 0 Å². The van der Waals surface area contributed by atoms with Crippen molar-refractivity contribution in [3.63, 3.8) is 0 Å². The summed E-state index contributed by atoms with van der Waals surface area (Å²) >= 11 is 4.98. The van der Waals surface area contributed by atoms with Gasteiger partial charge in [-0.05, 0) is 35.9 Å². The van der Waals surface area contributed by atoms with E-state index in [9.17, 15) is 4.79 Å². The number of hydrogen-bond donors (Lipinski definition) is 0. The molecule has 3 aromatic carbocycles. The number of rotatable bonds is 6. The molecule has 0 aliphatic carbocycles. The highest BCUT2D eigenvalue weighted by Crippen LogP contribution is 2.32. The fourth-order valence-corrected chi connectivity index (χ4v) is 4.36. The molecule has 1 aromatic heterocycles. The minimum Gasteiger partial charge on any atom is -0.493 e. The zero-order valence-electron chi connectivity index (χ0n) is 16.5. The highest BCUT2D eigenvalue weighted by atomic mass is 79.9. The molecule has 7 heteroatoms. The number of para-hydroxylation sites is 1. The SMILES string of the molecule is COc1cc2nc(SCc3ccc(Br)cc3)n(-c3ccccc3)c(=O)c2cc1OC. The fourth-order valence-electron chi connectivity index (χ4n) is 3.12. The molecule has 30 heavy (non-hydrogen) atoms. The lowest BCUT2D eigenvalue weighted by molar-refractivity contribution is 0.355. The number of halogens is 1. The van der Waals surface area contributed by atoms with Crippen molar-refractivity contribution >= 4 is 38.6 Å². The van der Waals surface area contributed by atoms with E-state index < -0.39 is 0 Å². The van der Waals surface area contributed by atoms with Crippen LogP contribution in [-0.2, 0) is 5.75 Å². The Morgan fingerprint density at radius 3 is 2.30 bits per heavy atom. The number of thioether (sulfide) groups is 1. The van der Waals surface area contributed by atoms with Crippen molar-refractivity contribution in [2.75, 3.05) is 14.2 Å². The zero-order chi connectivity index (χ0) is 21.1. The largest absolute Gasteiger partial charge is 0.493 e.